The summed E-state index contributed by atoms with van der Waals surface area (Å²) in [6.45, 7) is 4.96. The van der Waals surface area contributed by atoms with Crippen LogP contribution in [-0.2, 0) is 6.54 Å². The number of nitrogens with zero attached hydrogens (tertiary/aromatic N) is 2. The van der Waals surface area contributed by atoms with Crippen LogP contribution < -0.4 is 10.6 Å². The van der Waals surface area contributed by atoms with Gasteiger partial charge in [0.1, 0.15) is 0 Å². The largest absolute Gasteiger partial charge is 0.354 e. The third kappa shape index (κ3) is 3.83. The summed E-state index contributed by atoms with van der Waals surface area (Å²) in [5.74, 6) is -0.220. The molecule has 0 saturated carbocycles. The maximum absolute atomic E-state index is 11.5. The van der Waals surface area contributed by atoms with E-state index in [4.69, 9.17) is 11.6 Å². The molecule has 2 aromatic rings. The monoisotopic (exact) mass is 306 g/mol. The fraction of sp³-hybridized carbons (Fsp3) is 0.333. The van der Waals surface area contributed by atoms with Crippen LogP contribution in [0, 0.1) is 0 Å². The van der Waals surface area contributed by atoms with Crippen LogP contribution in [0.5, 0.6) is 0 Å². The number of amides is 1. The van der Waals surface area contributed by atoms with Crippen molar-refractivity contribution in [3.8, 4) is 5.69 Å². The molecule has 2 rings (SSSR count). The first-order chi connectivity index (χ1) is 10.0. The molecule has 0 aliphatic carbocycles. The maximum Gasteiger partial charge on any atom is 0.271 e. The van der Waals surface area contributed by atoms with E-state index in [-0.39, 0.29) is 5.91 Å². The summed E-state index contributed by atoms with van der Waals surface area (Å²) in [5, 5.41) is 10.7. The van der Waals surface area contributed by atoms with E-state index in [2.05, 4.69) is 29.6 Å². The molecule has 1 amide bonds. The zero-order valence-corrected chi connectivity index (χ0v) is 13.1. The molecule has 0 fully saturated rings. The van der Waals surface area contributed by atoms with Gasteiger partial charge in [-0.15, -0.1) is 0 Å². The number of halogens is 1. The molecule has 5 nitrogen and oxygen atoms in total. The summed E-state index contributed by atoms with van der Waals surface area (Å²) in [6, 6.07) is 7.89. The smallest absolute Gasteiger partial charge is 0.271 e. The standard InChI is InChI=1S/C15H19ClN4O/c1-10(2)18-9-11-4-5-14(12(16)8-11)20-7-6-13(19-20)15(21)17-3/h4-8,10,18H,9H2,1-3H3,(H,17,21). The Bertz CT molecular complexity index is 636. The fourth-order valence-electron chi connectivity index (χ4n) is 1.88. The topological polar surface area (TPSA) is 59.0 Å². The van der Waals surface area contributed by atoms with Gasteiger partial charge in [-0.3, -0.25) is 4.79 Å². The predicted molar refractivity (Wildman–Crippen MR) is 83.9 cm³/mol. The van der Waals surface area contributed by atoms with E-state index in [1.165, 1.54) is 0 Å². The molecule has 112 valence electrons. The molecule has 0 saturated heterocycles. The molecule has 0 bridgehead atoms. The Morgan fingerprint density at radius 1 is 1.38 bits per heavy atom. The highest BCUT2D eigenvalue weighted by molar-refractivity contribution is 6.32. The molecule has 0 spiro atoms. The third-order valence-corrected chi connectivity index (χ3v) is 3.32. The SMILES string of the molecule is CNC(=O)c1ccn(-c2ccc(CNC(C)C)cc2Cl)n1. The van der Waals surface area contributed by atoms with Gasteiger partial charge in [-0.25, -0.2) is 4.68 Å². The molecular weight excluding hydrogens is 288 g/mol. The first-order valence-electron chi connectivity index (χ1n) is 6.81. The van der Waals surface area contributed by atoms with Crippen molar-refractivity contribution in [2.24, 2.45) is 0 Å². The van der Waals surface area contributed by atoms with E-state index in [1.807, 2.05) is 18.2 Å². The van der Waals surface area contributed by atoms with Crippen molar-refractivity contribution < 1.29 is 4.79 Å². The van der Waals surface area contributed by atoms with Crippen LogP contribution in [0.4, 0.5) is 0 Å². The second-order valence-corrected chi connectivity index (χ2v) is 5.45. The van der Waals surface area contributed by atoms with Gasteiger partial charge in [-0.05, 0) is 23.8 Å². The van der Waals surface area contributed by atoms with Crippen molar-refractivity contribution in [1.82, 2.24) is 20.4 Å². The lowest BCUT2D eigenvalue weighted by molar-refractivity contribution is 0.0957. The number of rotatable bonds is 5. The van der Waals surface area contributed by atoms with Crippen LogP contribution in [0.2, 0.25) is 5.02 Å². The Hall–Kier alpha value is -1.85. The van der Waals surface area contributed by atoms with Crippen molar-refractivity contribution >= 4 is 17.5 Å². The molecule has 0 radical (unpaired) electrons. The van der Waals surface area contributed by atoms with Crippen LogP contribution in [0.3, 0.4) is 0 Å². The van der Waals surface area contributed by atoms with Gasteiger partial charge in [0.15, 0.2) is 5.69 Å². The van der Waals surface area contributed by atoms with E-state index in [1.54, 1.807) is 24.0 Å². The Labute approximate surface area is 129 Å². The van der Waals surface area contributed by atoms with Gasteiger partial charge in [-0.1, -0.05) is 31.5 Å². The molecule has 0 unspecified atom stereocenters. The molecular formula is C15H19ClN4O. The van der Waals surface area contributed by atoms with Gasteiger partial charge >= 0.3 is 0 Å². The van der Waals surface area contributed by atoms with Crippen molar-refractivity contribution in [3.05, 3.63) is 46.7 Å². The quantitative estimate of drug-likeness (QED) is 0.891. The molecule has 1 aromatic carbocycles. The van der Waals surface area contributed by atoms with Crippen LogP contribution >= 0.6 is 11.6 Å². The number of nitrogens with one attached hydrogen (secondary N) is 2. The summed E-state index contributed by atoms with van der Waals surface area (Å²) < 4.78 is 1.60. The minimum atomic E-state index is -0.220. The van der Waals surface area contributed by atoms with E-state index < -0.39 is 0 Å². The summed E-state index contributed by atoms with van der Waals surface area (Å²) in [7, 11) is 1.57. The van der Waals surface area contributed by atoms with E-state index >= 15 is 0 Å². The lowest BCUT2D eigenvalue weighted by Gasteiger charge is -2.10. The maximum atomic E-state index is 11.5. The second kappa shape index (κ2) is 6.74. The summed E-state index contributed by atoms with van der Waals surface area (Å²) >= 11 is 6.31. The molecule has 0 aliphatic heterocycles. The number of hydrogen-bond acceptors (Lipinski definition) is 3. The van der Waals surface area contributed by atoms with Gasteiger partial charge in [0.05, 0.1) is 10.7 Å². The third-order valence-electron chi connectivity index (χ3n) is 3.02. The minimum absolute atomic E-state index is 0.220. The van der Waals surface area contributed by atoms with E-state index in [0.717, 1.165) is 17.8 Å². The zero-order chi connectivity index (χ0) is 15.4. The number of carbonyl (C=O) groups is 1. The summed E-state index contributed by atoms with van der Waals surface area (Å²) in [4.78, 5) is 11.5. The number of carbonyl (C=O) groups excluding carboxylic acids is 1. The van der Waals surface area contributed by atoms with E-state index in [0.29, 0.717) is 16.8 Å². The van der Waals surface area contributed by atoms with Crippen LogP contribution in [0.1, 0.15) is 29.9 Å². The average Bonchev–Trinajstić information content (AvgIpc) is 2.94. The Balaban J connectivity index is 2.20. The lowest BCUT2D eigenvalue weighted by Crippen LogP contribution is -2.21. The van der Waals surface area contributed by atoms with Gasteiger partial charge < -0.3 is 10.6 Å². The van der Waals surface area contributed by atoms with Crippen LogP contribution in [0.25, 0.3) is 5.69 Å². The van der Waals surface area contributed by atoms with Crippen molar-refractivity contribution in [2.45, 2.75) is 26.4 Å². The van der Waals surface area contributed by atoms with Crippen LogP contribution in [-0.4, -0.2) is 28.8 Å². The Morgan fingerprint density at radius 2 is 2.14 bits per heavy atom. The summed E-state index contributed by atoms with van der Waals surface area (Å²) in [5.41, 5.74) is 2.22. The number of aromatic nitrogens is 2. The van der Waals surface area contributed by atoms with Crippen molar-refractivity contribution in [1.29, 1.82) is 0 Å². The van der Waals surface area contributed by atoms with E-state index in [9.17, 15) is 4.79 Å². The zero-order valence-electron chi connectivity index (χ0n) is 12.4. The molecule has 2 N–H and O–H groups in total. The Morgan fingerprint density at radius 3 is 2.76 bits per heavy atom. The number of hydrogen-bond donors (Lipinski definition) is 2. The van der Waals surface area contributed by atoms with Gasteiger partial charge in [0, 0.05) is 25.8 Å². The highest BCUT2D eigenvalue weighted by Crippen LogP contribution is 2.21. The molecule has 21 heavy (non-hydrogen) atoms. The highest BCUT2D eigenvalue weighted by atomic mass is 35.5. The molecule has 1 aromatic heterocycles. The average molecular weight is 307 g/mol. The predicted octanol–water partition coefficient (Wildman–Crippen LogP) is 2.38. The van der Waals surface area contributed by atoms with Gasteiger partial charge in [0.2, 0.25) is 0 Å². The highest BCUT2D eigenvalue weighted by Gasteiger charge is 2.10. The van der Waals surface area contributed by atoms with Gasteiger partial charge in [0.25, 0.3) is 5.91 Å². The molecule has 0 aliphatic rings. The minimum Gasteiger partial charge on any atom is -0.354 e. The second-order valence-electron chi connectivity index (χ2n) is 5.05. The van der Waals surface area contributed by atoms with Crippen molar-refractivity contribution in [3.63, 3.8) is 0 Å². The van der Waals surface area contributed by atoms with Gasteiger partial charge in [-0.2, -0.15) is 5.10 Å². The van der Waals surface area contributed by atoms with Crippen molar-refractivity contribution in [2.75, 3.05) is 7.05 Å². The van der Waals surface area contributed by atoms with Crippen LogP contribution in [0.15, 0.2) is 30.5 Å². The number of benzene rings is 1. The first-order valence-corrected chi connectivity index (χ1v) is 7.19. The molecule has 6 heteroatoms. The molecule has 1 heterocycles. The summed E-state index contributed by atoms with van der Waals surface area (Å²) in [6.07, 6.45) is 1.72. The molecule has 0 atom stereocenters. The normalized spacial score (nSPS) is 10.9. The lowest BCUT2D eigenvalue weighted by atomic mass is 10.2. The first kappa shape index (κ1) is 15.5. The Kier molecular flexibility index (Phi) is 4.98. The fourth-order valence-corrected chi connectivity index (χ4v) is 2.17.